The highest BCUT2D eigenvalue weighted by Crippen LogP contribution is 2.28. The van der Waals surface area contributed by atoms with Gasteiger partial charge in [-0.25, -0.2) is 0 Å². The first-order valence-corrected chi connectivity index (χ1v) is 7.61. The Balaban J connectivity index is 1.93. The van der Waals surface area contributed by atoms with Crippen LogP contribution in [0.2, 0.25) is 5.02 Å². The van der Waals surface area contributed by atoms with Crippen molar-refractivity contribution in [3.63, 3.8) is 0 Å². The summed E-state index contributed by atoms with van der Waals surface area (Å²) in [7, 11) is 0. The van der Waals surface area contributed by atoms with Gasteiger partial charge in [0.15, 0.2) is 0 Å². The van der Waals surface area contributed by atoms with Gasteiger partial charge in [0.2, 0.25) is 0 Å². The number of hydrogen-bond donors (Lipinski definition) is 2. The van der Waals surface area contributed by atoms with Crippen LogP contribution in [0.1, 0.15) is 37.8 Å². The van der Waals surface area contributed by atoms with Crippen LogP contribution in [0.15, 0.2) is 22.7 Å². The van der Waals surface area contributed by atoms with E-state index in [1.54, 1.807) is 0 Å². The number of rotatable bonds is 4. The molecule has 1 aromatic carbocycles. The summed E-state index contributed by atoms with van der Waals surface area (Å²) in [6, 6.07) is 6.16. The van der Waals surface area contributed by atoms with Gasteiger partial charge in [0, 0.05) is 22.1 Å². The summed E-state index contributed by atoms with van der Waals surface area (Å²) < 4.78 is 0.995. The zero-order chi connectivity index (χ0) is 13.1. The van der Waals surface area contributed by atoms with Crippen LogP contribution in [0, 0.1) is 5.92 Å². The zero-order valence-electron chi connectivity index (χ0n) is 10.5. The lowest BCUT2D eigenvalue weighted by Gasteiger charge is -2.20. The maximum absolute atomic E-state index is 9.79. The summed E-state index contributed by atoms with van der Waals surface area (Å²) in [5.74, 6) is 0.390. The summed E-state index contributed by atoms with van der Waals surface area (Å²) in [5, 5.41) is 14.0. The fraction of sp³-hybridized carbons (Fsp3) is 0.571. The molecule has 3 atom stereocenters. The van der Waals surface area contributed by atoms with Gasteiger partial charge >= 0.3 is 0 Å². The van der Waals surface area contributed by atoms with E-state index in [1.807, 2.05) is 18.2 Å². The quantitative estimate of drug-likeness (QED) is 0.876. The topological polar surface area (TPSA) is 32.3 Å². The predicted molar refractivity (Wildman–Crippen MR) is 78.9 cm³/mol. The highest BCUT2D eigenvalue weighted by molar-refractivity contribution is 9.10. The third-order valence-electron chi connectivity index (χ3n) is 3.73. The summed E-state index contributed by atoms with van der Waals surface area (Å²) in [6.45, 7) is 2.96. The maximum atomic E-state index is 9.79. The lowest BCUT2D eigenvalue weighted by molar-refractivity contribution is 0.130. The van der Waals surface area contributed by atoms with Gasteiger partial charge < -0.3 is 10.4 Å². The minimum atomic E-state index is -0.134. The molecule has 1 aliphatic rings. The van der Waals surface area contributed by atoms with Gasteiger partial charge in [0.1, 0.15) is 0 Å². The van der Waals surface area contributed by atoms with Crippen molar-refractivity contribution < 1.29 is 5.11 Å². The molecule has 0 saturated heterocycles. The van der Waals surface area contributed by atoms with Crippen molar-refractivity contribution in [2.45, 2.75) is 38.3 Å². The van der Waals surface area contributed by atoms with Crippen molar-refractivity contribution in [3.05, 3.63) is 33.3 Å². The van der Waals surface area contributed by atoms with E-state index in [0.717, 1.165) is 40.9 Å². The molecular weight excluding hydrogens is 314 g/mol. The van der Waals surface area contributed by atoms with Crippen LogP contribution in [-0.2, 0) is 0 Å². The van der Waals surface area contributed by atoms with Gasteiger partial charge in [-0.15, -0.1) is 0 Å². The molecule has 1 aliphatic carbocycles. The van der Waals surface area contributed by atoms with Crippen LogP contribution in [0.4, 0.5) is 0 Å². The number of benzene rings is 1. The smallest absolute Gasteiger partial charge is 0.0580 e. The van der Waals surface area contributed by atoms with Gasteiger partial charge in [-0.05, 0) is 43.4 Å². The lowest BCUT2D eigenvalue weighted by Crippen LogP contribution is -2.29. The largest absolute Gasteiger partial charge is 0.393 e. The van der Waals surface area contributed by atoms with E-state index in [0.29, 0.717) is 5.92 Å². The molecule has 0 spiro atoms. The van der Waals surface area contributed by atoms with Crippen LogP contribution >= 0.6 is 27.5 Å². The Morgan fingerprint density at radius 2 is 2.28 bits per heavy atom. The summed E-state index contributed by atoms with van der Waals surface area (Å²) >= 11 is 9.64. The third-order valence-corrected chi connectivity index (χ3v) is 4.55. The highest BCUT2D eigenvalue weighted by atomic mass is 79.9. The first-order valence-electron chi connectivity index (χ1n) is 6.44. The molecule has 0 amide bonds. The van der Waals surface area contributed by atoms with Crippen LogP contribution in [0.25, 0.3) is 0 Å². The Morgan fingerprint density at radius 3 is 2.89 bits per heavy atom. The van der Waals surface area contributed by atoms with Crippen molar-refractivity contribution in [2.75, 3.05) is 6.54 Å². The fourth-order valence-electron chi connectivity index (χ4n) is 2.55. The first-order chi connectivity index (χ1) is 8.58. The Hall–Kier alpha value is -0.0900. The maximum Gasteiger partial charge on any atom is 0.0580 e. The molecule has 2 nitrogen and oxygen atoms in total. The lowest BCUT2D eigenvalue weighted by atomic mass is 10.0. The Kier molecular flexibility index (Phi) is 5.07. The van der Waals surface area contributed by atoms with Crippen LogP contribution in [-0.4, -0.2) is 17.8 Å². The van der Waals surface area contributed by atoms with Crippen molar-refractivity contribution in [2.24, 2.45) is 5.92 Å². The molecular formula is C14H19BrClNO. The van der Waals surface area contributed by atoms with Crippen LogP contribution in [0.3, 0.4) is 0 Å². The Bertz CT molecular complexity index is 413. The average Bonchev–Trinajstić information content (AvgIpc) is 2.72. The molecule has 1 aromatic rings. The van der Waals surface area contributed by atoms with Crippen LogP contribution in [0.5, 0.6) is 0 Å². The summed E-state index contributed by atoms with van der Waals surface area (Å²) in [5.41, 5.74) is 1.10. The monoisotopic (exact) mass is 331 g/mol. The molecule has 100 valence electrons. The van der Waals surface area contributed by atoms with E-state index in [1.165, 1.54) is 0 Å². The molecule has 1 fully saturated rings. The zero-order valence-corrected chi connectivity index (χ0v) is 12.8. The van der Waals surface area contributed by atoms with E-state index in [4.69, 9.17) is 11.6 Å². The van der Waals surface area contributed by atoms with Gasteiger partial charge in [0.05, 0.1) is 6.10 Å². The van der Waals surface area contributed by atoms with Gasteiger partial charge in [-0.1, -0.05) is 40.0 Å². The van der Waals surface area contributed by atoms with E-state index < -0.39 is 0 Å². The van der Waals surface area contributed by atoms with Crippen molar-refractivity contribution in [3.8, 4) is 0 Å². The number of nitrogens with one attached hydrogen (secondary N) is 1. The van der Waals surface area contributed by atoms with Gasteiger partial charge in [0.25, 0.3) is 0 Å². The molecule has 2 N–H and O–H groups in total. The molecule has 0 heterocycles. The number of aliphatic hydroxyl groups excluding tert-OH is 1. The molecule has 0 radical (unpaired) electrons. The van der Waals surface area contributed by atoms with Crippen molar-refractivity contribution >= 4 is 27.5 Å². The van der Waals surface area contributed by atoms with Crippen molar-refractivity contribution in [1.29, 1.82) is 0 Å². The van der Waals surface area contributed by atoms with E-state index in [-0.39, 0.29) is 12.1 Å². The van der Waals surface area contributed by atoms with E-state index >= 15 is 0 Å². The first kappa shape index (κ1) is 14.3. The molecule has 18 heavy (non-hydrogen) atoms. The molecule has 0 bridgehead atoms. The summed E-state index contributed by atoms with van der Waals surface area (Å²) in [4.78, 5) is 0. The predicted octanol–water partition coefficient (Wildman–Crippen LogP) is 3.91. The average molecular weight is 333 g/mol. The van der Waals surface area contributed by atoms with Crippen LogP contribution < -0.4 is 5.32 Å². The molecule has 2 rings (SSSR count). The molecule has 4 heteroatoms. The Morgan fingerprint density at radius 1 is 1.50 bits per heavy atom. The van der Waals surface area contributed by atoms with Gasteiger partial charge in [-0.2, -0.15) is 0 Å². The second-order valence-electron chi connectivity index (χ2n) is 5.05. The van der Waals surface area contributed by atoms with Gasteiger partial charge in [-0.3, -0.25) is 0 Å². The minimum Gasteiger partial charge on any atom is -0.393 e. The minimum absolute atomic E-state index is 0.134. The Labute approximate surface area is 122 Å². The third kappa shape index (κ3) is 3.47. The molecule has 1 saturated carbocycles. The fourth-order valence-corrected chi connectivity index (χ4v) is 3.38. The second kappa shape index (κ2) is 6.38. The standard InChI is InChI=1S/C14H19BrClNO/c1-9(12-6-5-11(15)7-13(12)16)17-8-10-3-2-4-14(10)18/h5-7,9-10,14,17-18H,2-4,8H2,1H3. The number of halogens is 2. The summed E-state index contributed by atoms with van der Waals surface area (Å²) in [6.07, 6.45) is 3.07. The number of aliphatic hydroxyl groups is 1. The molecule has 0 aromatic heterocycles. The van der Waals surface area contributed by atoms with Crippen molar-refractivity contribution in [1.82, 2.24) is 5.32 Å². The highest BCUT2D eigenvalue weighted by Gasteiger charge is 2.25. The molecule has 0 aliphatic heterocycles. The van der Waals surface area contributed by atoms with E-state index in [9.17, 15) is 5.11 Å². The molecule has 3 unspecified atom stereocenters. The normalized spacial score (nSPS) is 25.3. The second-order valence-corrected chi connectivity index (χ2v) is 6.38. The van der Waals surface area contributed by atoms with E-state index in [2.05, 4.69) is 28.2 Å². The SMILES string of the molecule is CC(NCC1CCCC1O)c1ccc(Br)cc1Cl. The number of hydrogen-bond acceptors (Lipinski definition) is 2.